The first-order chi connectivity index (χ1) is 22.1. The van der Waals surface area contributed by atoms with Gasteiger partial charge in [-0.05, 0) is 106 Å². The third-order valence-corrected chi connectivity index (χ3v) is 8.90. The van der Waals surface area contributed by atoms with Crippen LogP contribution >= 0.6 is 0 Å². The molecule has 0 amide bonds. The molecule has 5 rings (SSSR count). The summed E-state index contributed by atoms with van der Waals surface area (Å²) in [4.78, 5) is 12.8. The van der Waals surface area contributed by atoms with Crippen LogP contribution in [0.5, 0.6) is 11.5 Å². The Morgan fingerprint density at radius 3 is 1.87 bits per heavy atom. The van der Waals surface area contributed by atoms with E-state index in [0.717, 1.165) is 49.1 Å². The van der Waals surface area contributed by atoms with E-state index in [4.69, 9.17) is 14.2 Å². The molecule has 0 radical (unpaired) electrons. The third kappa shape index (κ3) is 6.90. The number of rotatable bonds is 10. The molecule has 0 heterocycles. The fourth-order valence-electron chi connectivity index (χ4n) is 6.45. The molecule has 1 atom stereocenters. The van der Waals surface area contributed by atoms with E-state index < -0.39 is 63.7 Å². The van der Waals surface area contributed by atoms with Crippen molar-refractivity contribution in [3.05, 3.63) is 88.5 Å². The van der Waals surface area contributed by atoms with Gasteiger partial charge in [0.1, 0.15) is 6.10 Å². The molecule has 1 unspecified atom stereocenters. The second kappa shape index (κ2) is 14.6. The van der Waals surface area contributed by atoms with Gasteiger partial charge in [-0.1, -0.05) is 19.1 Å². The van der Waals surface area contributed by atoms with Crippen LogP contribution in [0, 0.1) is 46.7 Å². The zero-order chi connectivity index (χ0) is 33.0. The molecule has 0 saturated heterocycles. The van der Waals surface area contributed by atoms with E-state index in [-0.39, 0.29) is 30.3 Å². The number of carbonyl (C=O) groups excluding carboxylic acids is 1. The Balaban J connectivity index is 1.17. The van der Waals surface area contributed by atoms with Crippen LogP contribution in [0.25, 0.3) is 16.7 Å². The van der Waals surface area contributed by atoms with Gasteiger partial charge >= 0.3 is 5.97 Å². The molecule has 0 N–H and O–H groups in total. The van der Waals surface area contributed by atoms with Crippen molar-refractivity contribution in [1.82, 2.24) is 0 Å². The van der Waals surface area contributed by atoms with Crippen LogP contribution in [-0.2, 0) is 4.74 Å². The lowest BCUT2D eigenvalue weighted by molar-refractivity contribution is 0.0123. The molecule has 10 heteroatoms. The maximum Gasteiger partial charge on any atom is 0.341 e. The maximum absolute atomic E-state index is 15.0. The summed E-state index contributed by atoms with van der Waals surface area (Å²) in [5.74, 6) is -8.37. The summed E-state index contributed by atoms with van der Waals surface area (Å²) in [6, 6.07) is 7.27. The largest absolute Gasteiger partial charge is 0.491 e. The molecule has 0 aliphatic heterocycles. The summed E-state index contributed by atoms with van der Waals surface area (Å²) in [5, 5.41) is 0. The third-order valence-electron chi connectivity index (χ3n) is 8.90. The number of hydrogen-bond acceptors (Lipinski definition) is 4. The molecule has 3 aromatic rings. The Hall–Kier alpha value is -3.95. The first kappa shape index (κ1) is 33.4. The average molecular weight is 647 g/mol. The lowest BCUT2D eigenvalue weighted by Gasteiger charge is -2.35. The van der Waals surface area contributed by atoms with Gasteiger partial charge in [0, 0.05) is 16.7 Å². The van der Waals surface area contributed by atoms with E-state index >= 15 is 8.78 Å². The predicted molar refractivity (Wildman–Crippen MR) is 162 cm³/mol. The van der Waals surface area contributed by atoms with E-state index in [1.165, 1.54) is 6.07 Å². The van der Waals surface area contributed by atoms with Gasteiger partial charge in [0.25, 0.3) is 0 Å². The van der Waals surface area contributed by atoms with Gasteiger partial charge in [0.2, 0.25) is 11.6 Å². The minimum absolute atomic E-state index is 0.105. The zero-order valence-corrected chi connectivity index (χ0v) is 25.7. The smallest absolute Gasteiger partial charge is 0.341 e. The van der Waals surface area contributed by atoms with Crippen LogP contribution in [0.2, 0.25) is 0 Å². The van der Waals surface area contributed by atoms with Crippen LogP contribution in [0.3, 0.4) is 0 Å². The van der Waals surface area contributed by atoms with E-state index in [2.05, 4.69) is 0 Å². The van der Waals surface area contributed by atoms with Gasteiger partial charge in [-0.2, -0.15) is 8.78 Å². The molecule has 246 valence electrons. The van der Waals surface area contributed by atoms with Crippen molar-refractivity contribution in [3.63, 3.8) is 0 Å². The zero-order valence-electron chi connectivity index (χ0n) is 25.7. The standard InChI is InChI=1S/C36H36F6O4/c1-3-19-45-29-18-16-26(32(39)35(29)42)25-13-14-27(33(40)31(25)38)36(43)46-23-11-9-21(10-12-23)20-5-7-22(8-6-20)24-15-17-28(44-4-2)34(41)30(24)37/h7,13-18,20-21,23H,3-6,8-12,19H2,1-2H3. The average Bonchev–Trinajstić information content (AvgIpc) is 3.06. The van der Waals surface area contributed by atoms with Crippen molar-refractivity contribution in [2.75, 3.05) is 13.2 Å². The molecule has 4 nitrogen and oxygen atoms in total. The quantitative estimate of drug-likeness (QED) is 0.163. The lowest BCUT2D eigenvalue weighted by atomic mass is 9.72. The van der Waals surface area contributed by atoms with E-state index in [9.17, 15) is 22.4 Å². The van der Waals surface area contributed by atoms with Gasteiger partial charge in [0.15, 0.2) is 34.8 Å². The molecule has 0 spiro atoms. The number of carbonyl (C=O) groups is 1. The molecule has 0 aromatic heterocycles. The summed E-state index contributed by atoms with van der Waals surface area (Å²) in [6.45, 7) is 3.89. The second-order valence-electron chi connectivity index (χ2n) is 11.8. The Morgan fingerprint density at radius 2 is 1.26 bits per heavy atom. The van der Waals surface area contributed by atoms with E-state index in [1.54, 1.807) is 19.9 Å². The molecular weight excluding hydrogens is 610 g/mol. The first-order valence-electron chi connectivity index (χ1n) is 15.7. The highest BCUT2D eigenvalue weighted by Crippen LogP contribution is 2.42. The van der Waals surface area contributed by atoms with Crippen molar-refractivity contribution in [2.24, 2.45) is 11.8 Å². The minimum atomic E-state index is -1.50. The van der Waals surface area contributed by atoms with Crippen LogP contribution < -0.4 is 9.47 Å². The fraction of sp³-hybridized carbons (Fsp3) is 0.417. The van der Waals surface area contributed by atoms with Crippen molar-refractivity contribution >= 4 is 11.5 Å². The fourth-order valence-corrected chi connectivity index (χ4v) is 6.45. The topological polar surface area (TPSA) is 44.8 Å². The Labute approximate surface area is 264 Å². The number of allylic oxidation sites excluding steroid dienone is 2. The molecule has 1 saturated carbocycles. The normalized spacial score (nSPS) is 19.8. The number of hydrogen-bond donors (Lipinski definition) is 0. The highest BCUT2D eigenvalue weighted by molar-refractivity contribution is 5.90. The number of benzene rings is 3. The van der Waals surface area contributed by atoms with Gasteiger partial charge in [0.05, 0.1) is 18.8 Å². The minimum Gasteiger partial charge on any atom is -0.491 e. The van der Waals surface area contributed by atoms with Crippen LogP contribution in [0.15, 0.2) is 42.5 Å². The number of halogens is 6. The van der Waals surface area contributed by atoms with Gasteiger partial charge < -0.3 is 14.2 Å². The van der Waals surface area contributed by atoms with Gasteiger partial charge in [-0.25, -0.2) is 22.4 Å². The summed E-state index contributed by atoms with van der Waals surface area (Å²) < 4.78 is 104. The van der Waals surface area contributed by atoms with Gasteiger partial charge in [-0.3, -0.25) is 0 Å². The number of ether oxygens (including phenoxy) is 3. The molecule has 2 aliphatic rings. The van der Waals surface area contributed by atoms with Crippen molar-refractivity contribution in [2.45, 2.75) is 71.3 Å². The Kier molecular flexibility index (Phi) is 10.6. The summed E-state index contributed by atoms with van der Waals surface area (Å²) >= 11 is 0. The van der Waals surface area contributed by atoms with Crippen LogP contribution in [0.1, 0.15) is 81.1 Å². The lowest BCUT2D eigenvalue weighted by Crippen LogP contribution is -2.28. The van der Waals surface area contributed by atoms with Crippen molar-refractivity contribution in [3.8, 4) is 22.6 Å². The summed E-state index contributed by atoms with van der Waals surface area (Å²) in [5.41, 5.74) is -0.649. The second-order valence-corrected chi connectivity index (χ2v) is 11.8. The summed E-state index contributed by atoms with van der Waals surface area (Å²) in [6.07, 6.45) is 6.80. The highest BCUT2D eigenvalue weighted by atomic mass is 19.2. The molecule has 1 fully saturated rings. The Bertz CT molecular complexity index is 1610. The maximum atomic E-state index is 15.0. The van der Waals surface area contributed by atoms with Crippen LogP contribution in [0.4, 0.5) is 26.3 Å². The highest BCUT2D eigenvalue weighted by Gasteiger charge is 2.32. The van der Waals surface area contributed by atoms with E-state index in [1.807, 2.05) is 6.08 Å². The number of esters is 1. The molecule has 2 aliphatic carbocycles. The monoisotopic (exact) mass is 646 g/mol. The molecule has 46 heavy (non-hydrogen) atoms. The van der Waals surface area contributed by atoms with Gasteiger partial charge in [-0.15, -0.1) is 0 Å². The molecule has 0 bridgehead atoms. The first-order valence-corrected chi connectivity index (χ1v) is 15.7. The van der Waals surface area contributed by atoms with Crippen LogP contribution in [-0.4, -0.2) is 25.3 Å². The predicted octanol–water partition coefficient (Wildman–Crippen LogP) is 9.97. The van der Waals surface area contributed by atoms with E-state index in [0.29, 0.717) is 43.9 Å². The molecule has 3 aromatic carbocycles. The van der Waals surface area contributed by atoms with Crippen molar-refractivity contribution in [1.29, 1.82) is 0 Å². The summed E-state index contributed by atoms with van der Waals surface area (Å²) in [7, 11) is 0. The molecular formula is C36H36F6O4. The Morgan fingerprint density at radius 1 is 0.674 bits per heavy atom. The SMILES string of the molecule is CCCOc1ccc(-c2ccc(C(=O)OC3CCC(C4CC=C(c5ccc(OCC)c(F)c5F)CC4)CC3)c(F)c2F)c(F)c1F. The van der Waals surface area contributed by atoms with Crippen molar-refractivity contribution < 1.29 is 45.3 Å².